The second-order valence-electron chi connectivity index (χ2n) is 6.02. The second-order valence-corrected chi connectivity index (χ2v) is 6.02. The van der Waals surface area contributed by atoms with Crippen molar-refractivity contribution >= 4 is 17.5 Å². The van der Waals surface area contributed by atoms with Gasteiger partial charge in [-0.3, -0.25) is 14.4 Å². The Bertz CT molecular complexity index is 648. The summed E-state index contributed by atoms with van der Waals surface area (Å²) in [4.78, 5) is 36.2. The number of anilines is 1. The van der Waals surface area contributed by atoms with Gasteiger partial charge in [0.25, 0.3) is 5.56 Å². The van der Waals surface area contributed by atoms with Crippen LogP contribution >= 0.6 is 0 Å². The molecule has 2 rings (SSSR count). The van der Waals surface area contributed by atoms with Gasteiger partial charge < -0.3 is 19.9 Å². The average Bonchev–Trinajstić information content (AvgIpc) is 3.06. The number of pyridine rings is 1. The van der Waals surface area contributed by atoms with Crippen LogP contribution in [0.5, 0.6) is 0 Å². The molecule has 1 aromatic rings. The lowest BCUT2D eigenvalue weighted by atomic mass is 10.2. The maximum Gasteiger partial charge on any atom is 0.274 e. The molecule has 1 atom stereocenters. The van der Waals surface area contributed by atoms with Crippen molar-refractivity contribution in [2.45, 2.75) is 52.2 Å². The van der Waals surface area contributed by atoms with Crippen molar-refractivity contribution in [3.63, 3.8) is 0 Å². The molecule has 0 aliphatic carbocycles. The summed E-state index contributed by atoms with van der Waals surface area (Å²) in [6, 6.07) is 3.29. The van der Waals surface area contributed by atoms with Gasteiger partial charge in [0.15, 0.2) is 0 Å². The number of hydrogen-bond donors (Lipinski definition) is 2. The lowest BCUT2D eigenvalue weighted by Crippen LogP contribution is -2.37. The highest BCUT2D eigenvalue weighted by Crippen LogP contribution is 2.10. The minimum Gasteiger partial charge on any atom is -0.376 e. The van der Waals surface area contributed by atoms with E-state index in [4.69, 9.17) is 4.74 Å². The molecule has 1 fully saturated rings. The van der Waals surface area contributed by atoms with Crippen LogP contribution in [0.25, 0.3) is 0 Å². The van der Waals surface area contributed by atoms with E-state index in [0.29, 0.717) is 25.1 Å². The van der Waals surface area contributed by atoms with Gasteiger partial charge in [-0.1, -0.05) is 6.92 Å². The van der Waals surface area contributed by atoms with Crippen LogP contribution in [0.1, 0.15) is 38.3 Å². The van der Waals surface area contributed by atoms with Crippen LogP contribution in [-0.4, -0.2) is 35.6 Å². The first-order chi connectivity index (χ1) is 11.5. The van der Waals surface area contributed by atoms with Crippen LogP contribution in [0, 0.1) is 6.92 Å². The zero-order valence-electron chi connectivity index (χ0n) is 14.3. The molecule has 1 aliphatic rings. The summed E-state index contributed by atoms with van der Waals surface area (Å²) >= 11 is 0. The van der Waals surface area contributed by atoms with Crippen LogP contribution in [0.3, 0.4) is 0 Å². The summed E-state index contributed by atoms with van der Waals surface area (Å²) in [6.45, 7) is 4.77. The van der Waals surface area contributed by atoms with Crippen molar-refractivity contribution in [2.75, 3.05) is 18.5 Å². The largest absolute Gasteiger partial charge is 0.376 e. The zero-order valence-corrected chi connectivity index (χ0v) is 14.3. The SMILES string of the molecule is CCCC(=O)Nc1ccc(C)n(CC(=O)NC[C@H]2CCCO2)c1=O. The Balaban J connectivity index is 2.01. The number of aryl methyl sites for hydroxylation is 1. The Labute approximate surface area is 141 Å². The van der Waals surface area contributed by atoms with Crippen molar-refractivity contribution in [2.24, 2.45) is 0 Å². The van der Waals surface area contributed by atoms with Crippen LogP contribution in [-0.2, 0) is 20.9 Å². The fraction of sp³-hybridized carbons (Fsp3) is 0.588. The first-order valence-corrected chi connectivity index (χ1v) is 8.40. The summed E-state index contributed by atoms with van der Waals surface area (Å²) in [5.41, 5.74) is 0.499. The summed E-state index contributed by atoms with van der Waals surface area (Å²) < 4.78 is 6.82. The Morgan fingerprint density at radius 2 is 2.12 bits per heavy atom. The Hall–Kier alpha value is -2.15. The molecule has 2 N–H and O–H groups in total. The first kappa shape index (κ1) is 18.2. The molecule has 0 aromatic carbocycles. The van der Waals surface area contributed by atoms with Crippen molar-refractivity contribution in [1.29, 1.82) is 0 Å². The average molecular weight is 335 g/mol. The highest BCUT2D eigenvalue weighted by molar-refractivity contribution is 5.90. The molecule has 0 radical (unpaired) electrons. The number of carbonyl (C=O) groups excluding carboxylic acids is 2. The molecule has 0 spiro atoms. The number of rotatable bonds is 7. The summed E-state index contributed by atoms with van der Waals surface area (Å²) in [6.07, 6.45) is 3.08. The Morgan fingerprint density at radius 1 is 1.33 bits per heavy atom. The highest BCUT2D eigenvalue weighted by Gasteiger charge is 2.17. The number of hydrogen-bond acceptors (Lipinski definition) is 4. The first-order valence-electron chi connectivity index (χ1n) is 8.40. The molecule has 24 heavy (non-hydrogen) atoms. The van der Waals surface area contributed by atoms with E-state index in [2.05, 4.69) is 10.6 Å². The van der Waals surface area contributed by atoms with E-state index in [1.54, 1.807) is 19.1 Å². The number of nitrogens with zero attached hydrogens (tertiary/aromatic N) is 1. The monoisotopic (exact) mass is 335 g/mol. The summed E-state index contributed by atoms with van der Waals surface area (Å²) in [5, 5.41) is 5.40. The van der Waals surface area contributed by atoms with E-state index < -0.39 is 0 Å². The van der Waals surface area contributed by atoms with Crippen molar-refractivity contribution in [3.8, 4) is 0 Å². The quantitative estimate of drug-likeness (QED) is 0.783. The lowest BCUT2D eigenvalue weighted by Gasteiger charge is -2.14. The summed E-state index contributed by atoms with van der Waals surface area (Å²) in [7, 11) is 0. The minimum absolute atomic E-state index is 0.0615. The van der Waals surface area contributed by atoms with Gasteiger partial charge in [-0.15, -0.1) is 0 Å². The molecule has 0 saturated carbocycles. The smallest absolute Gasteiger partial charge is 0.274 e. The van der Waals surface area contributed by atoms with Crippen LogP contribution in [0.2, 0.25) is 0 Å². The number of ether oxygens (including phenoxy) is 1. The molecule has 2 heterocycles. The molecular formula is C17H25N3O4. The Kier molecular flexibility index (Phi) is 6.54. The van der Waals surface area contributed by atoms with Crippen molar-refractivity contribution in [3.05, 3.63) is 28.2 Å². The molecule has 2 amide bonds. The third-order valence-electron chi connectivity index (χ3n) is 4.00. The fourth-order valence-corrected chi connectivity index (χ4v) is 2.63. The minimum atomic E-state index is -0.369. The number of amides is 2. The molecule has 0 unspecified atom stereocenters. The van der Waals surface area contributed by atoms with Gasteiger partial charge in [-0.2, -0.15) is 0 Å². The lowest BCUT2D eigenvalue weighted by molar-refractivity contribution is -0.122. The van der Waals surface area contributed by atoms with Gasteiger partial charge in [-0.05, 0) is 38.3 Å². The van der Waals surface area contributed by atoms with Crippen molar-refractivity contribution in [1.82, 2.24) is 9.88 Å². The predicted octanol–water partition coefficient (Wildman–Crippen LogP) is 1.19. The maximum absolute atomic E-state index is 12.5. The van der Waals surface area contributed by atoms with E-state index in [1.165, 1.54) is 4.57 Å². The van der Waals surface area contributed by atoms with Gasteiger partial charge in [0.1, 0.15) is 12.2 Å². The van der Waals surface area contributed by atoms with Crippen LogP contribution < -0.4 is 16.2 Å². The van der Waals surface area contributed by atoms with Gasteiger partial charge in [-0.25, -0.2) is 0 Å². The van der Waals surface area contributed by atoms with Crippen LogP contribution in [0.15, 0.2) is 16.9 Å². The molecule has 132 valence electrons. The van der Waals surface area contributed by atoms with E-state index in [1.807, 2.05) is 6.92 Å². The van der Waals surface area contributed by atoms with E-state index >= 15 is 0 Å². The molecule has 1 saturated heterocycles. The van der Waals surface area contributed by atoms with Gasteiger partial charge in [0.2, 0.25) is 11.8 Å². The normalized spacial score (nSPS) is 16.8. The Morgan fingerprint density at radius 3 is 2.79 bits per heavy atom. The zero-order chi connectivity index (χ0) is 17.5. The molecule has 0 bridgehead atoms. The molecule has 1 aromatic heterocycles. The third kappa shape index (κ3) is 4.92. The highest BCUT2D eigenvalue weighted by atomic mass is 16.5. The van der Waals surface area contributed by atoms with Gasteiger partial charge in [0, 0.05) is 25.3 Å². The van der Waals surface area contributed by atoms with Gasteiger partial charge >= 0.3 is 0 Å². The number of carbonyl (C=O) groups is 2. The molecule has 7 nitrogen and oxygen atoms in total. The van der Waals surface area contributed by atoms with Gasteiger partial charge in [0.05, 0.1) is 6.10 Å². The predicted molar refractivity (Wildman–Crippen MR) is 91.0 cm³/mol. The molecular weight excluding hydrogens is 310 g/mol. The summed E-state index contributed by atoms with van der Waals surface area (Å²) in [5.74, 6) is -0.444. The molecule has 7 heteroatoms. The fourth-order valence-electron chi connectivity index (χ4n) is 2.63. The van der Waals surface area contributed by atoms with E-state index in [0.717, 1.165) is 19.4 Å². The third-order valence-corrected chi connectivity index (χ3v) is 4.00. The molecule has 1 aliphatic heterocycles. The topological polar surface area (TPSA) is 89.4 Å². The van der Waals surface area contributed by atoms with Crippen LogP contribution in [0.4, 0.5) is 5.69 Å². The number of aromatic nitrogens is 1. The maximum atomic E-state index is 12.5. The van der Waals surface area contributed by atoms with E-state index in [9.17, 15) is 14.4 Å². The number of nitrogens with one attached hydrogen (secondary N) is 2. The standard InChI is InChI=1S/C17H25N3O4/c1-3-5-15(21)19-14-8-7-12(2)20(17(14)23)11-16(22)18-10-13-6-4-9-24-13/h7-8,13H,3-6,9-11H2,1-2H3,(H,18,22)(H,19,21)/t13-/m1/s1. The second kappa shape index (κ2) is 8.63. The van der Waals surface area contributed by atoms with E-state index in [-0.39, 0.29) is 35.7 Å². The van der Waals surface area contributed by atoms with Crippen molar-refractivity contribution < 1.29 is 14.3 Å².